The standard InChI is InChI=1S/C4H7.BrH.Zn/c1-4-2-3-4;;/h4H,1-3H2;1H;. The fourth-order valence-electron chi connectivity index (χ4n) is 0.407. The summed E-state index contributed by atoms with van der Waals surface area (Å²) in [6, 6.07) is 0. The summed E-state index contributed by atoms with van der Waals surface area (Å²) >= 11 is 1.52. The van der Waals surface area contributed by atoms with Crippen LogP contribution in [0.15, 0.2) is 0 Å². The topological polar surface area (TPSA) is 0 Å². The molecule has 0 saturated heterocycles. The van der Waals surface area contributed by atoms with Gasteiger partial charge in [-0.3, -0.25) is 0 Å². The van der Waals surface area contributed by atoms with E-state index < -0.39 is 0 Å². The summed E-state index contributed by atoms with van der Waals surface area (Å²) < 4.78 is 0. The molecular formula is C4H8BrZn. The van der Waals surface area contributed by atoms with E-state index in [1.54, 1.807) is 17.9 Å². The zero-order valence-electron chi connectivity index (χ0n) is 3.81. The average Bonchev–Trinajstić information content (AvgIpc) is 2.12. The van der Waals surface area contributed by atoms with Crippen molar-refractivity contribution in [3.8, 4) is 0 Å². The second-order valence-corrected chi connectivity index (χ2v) is 2.94. The van der Waals surface area contributed by atoms with E-state index in [1.807, 2.05) is 0 Å². The Labute approximate surface area is 59.1 Å². The van der Waals surface area contributed by atoms with Gasteiger partial charge in [-0.1, -0.05) is 0 Å². The number of rotatable bonds is 1. The van der Waals surface area contributed by atoms with E-state index in [1.165, 1.54) is 24.2 Å². The predicted octanol–water partition coefficient (Wildman–Crippen LogP) is 1.94. The van der Waals surface area contributed by atoms with Crippen LogP contribution < -0.4 is 0 Å². The number of halogens is 1. The molecule has 6 heavy (non-hydrogen) atoms. The van der Waals surface area contributed by atoms with Crippen molar-refractivity contribution in [3.63, 3.8) is 0 Å². The van der Waals surface area contributed by atoms with Crippen LogP contribution in [0.2, 0.25) is 5.02 Å². The fourth-order valence-corrected chi connectivity index (χ4v) is 1.62. The summed E-state index contributed by atoms with van der Waals surface area (Å²) in [6.07, 6.45) is 3.08. The molecule has 0 aromatic heterocycles. The summed E-state index contributed by atoms with van der Waals surface area (Å²) in [5.74, 6) is 1.19. The van der Waals surface area contributed by atoms with E-state index in [-0.39, 0.29) is 17.0 Å². The summed E-state index contributed by atoms with van der Waals surface area (Å²) in [5.41, 5.74) is 0. The first-order chi connectivity index (χ1) is 2.43. The summed E-state index contributed by atoms with van der Waals surface area (Å²) in [7, 11) is 0. The second-order valence-electron chi connectivity index (χ2n) is 1.73. The first kappa shape index (κ1) is 7.10. The van der Waals surface area contributed by atoms with Crippen LogP contribution >= 0.6 is 17.0 Å². The van der Waals surface area contributed by atoms with Gasteiger partial charge in [0.25, 0.3) is 0 Å². The third-order valence-electron chi connectivity index (χ3n) is 1.11. The molecule has 1 fully saturated rings. The second kappa shape index (κ2) is 3.15. The minimum atomic E-state index is 0. The molecule has 0 amide bonds. The zero-order valence-corrected chi connectivity index (χ0v) is 8.49. The van der Waals surface area contributed by atoms with Gasteiger partial charge in [0.15, 0.2) is 0 Å². The van der Waals surface area contributed by atoms with Gasteiger partial charge in [0.05, 0.1) is 0 Å². The van der Waals surface area contributed by atoms with Crippen LogP contribution in [0.5, 0.6) is 0 Å². The van der Waals surface area contributed by atoms with Crippen molar-refractivity contribution in [1.82, 2.24) is 0 Å². The molecule has 0 aliphatic heterocycles. The van der Waals surface area contributed by atoms with Gasteiger partial charge in [0.1, 0.15) is 0 Å². The Balaban J connectivity index is 0.000000250. The van der Waals surface area contributed by atoms with E-state index in [4.69, 9.17) is 0 Å². The van der Waals surface area contributed by atoms with Gasteiger partial charge < -0.3 is 0 Å². The molecule has 0 aromatic carbocycles. The summed E-state index contributed by atoms with van der Waals surface area (Å²) in [5, 5.41) is 1.54. The van der Waals surface area contributed by atoms with Gasteiger partial charge in [0, 0.05) is 0 Å². The van der Waals surface area contributed by atoms with Gasteiger partial charge in [0.2, 0.25) is 0 Å². The van der Waals surface area contributed by atoms with E-state index in [9.17, 15) is 0 Å². The normalized spacial score (nSPS) is 19.7. The van der Waals surface area contributed by atoms with Crippen molar-refractivity contribution in [2.24, 2.45) is 5.92 Å². The third-order valence-corrected chi connectivity index (χ3v) is 2.82. The summed E-state index contributed by atoms with van der Waals surface area (Å²) in [6.45, 7) is 0. The maximum absolute atomic E-state index is 1.54. The minimum absolute atomic E-state index is 0. The third kappa shape index (κ3) is 2.31. The molecule has 33 valence electrons. The molecule has 0 N–H and O–H groups in total. The van der Waals surface area contributed by atoms with E-state index in [2.05, 4.69) is 0 Å². The Bertz CT molecular complexity index is 34.5. The van der Waals surface area contributed by atoms with Crippen LogP contribution in [-0.4, -0.2) is 0 Å². The Kier molecular flexibility index (Phi) is 3.73. The van der Waals surface area contributed by atoms with Crippen molar-refractivity contribution >= 4 is 17.0 Å². The Morgan fingerprint density at radius 3 is 2.00 bits per heavy atom. The van der Waals surface area contributed by atoms with Crippen molar-refractivity contribution in [2.45, 2.75) is 17.9 Å². The number of hydrogen-bond acceptors (Lipinski definition) is 0. The van der Waals surface area contributed by atoms with Crippen molar-refractivity contribution in [2.75, 3.05) is 0 Å². The molecule has 1 saturated carbocycles. The molecule has 0 bridgehead atoms. The predicted molar refractivity (Wildman–Crippen MR) is 27.9 cm³/mol. The molecule has 1 aliphatic carbocycles. The zero-order chi connectivity index (χ0) is 3.70. The molecule has 0 spiro atoms. The van der Waals surface area contributed by atoms with Crippen molar-refractivity contribution < 1.29 is 18.3 Å². The number of hydrogen-bond donors (Lipinski definition) is 0. The van der Waals surface area contributed by atoms with Crippen LogP contribution in [0.4, 0.5) is 0 Å². The van der Waals surface area contributed by atoms with E-state index >= 15 is 0 Å². The van der Waals surface area contributed by atoms with Gasteiger partial charge in [-0.15, -0.1) is 17.0 Å². The van der Waals surface area contributed by atoms with Crippen LogP contribution in [0.3, 0.4) is 0 Å². The molecule has 1 aliphatic rings. The fraction of sp³-hybridized carbons (Fsp3) is 1.00. The maximum atomic E-state index is 1.54. The van der Waals surface area contributed by atoms with Crippen molar-refractivity contribution in [1.29, 1.82) is 0 Å². The van der Waals surface area contributed by atoms with E-state index in [0.717, 1.165) is 0 Å². The van der Waals surface area contributed by atoms with Crippen LogP contribution in [0.25, 0.3) is 0 Å². The first-order valence-corrected chi connectivity index (χ1v) is 4.32. The monoisotopic (exact) mass is 199 g/mol. The van der Waals surface area contributed by atoms with Crippen LogP contribution in [0.1, 0.15) is 12.8 Å². The molecule has 0 unspecified atom stereocenters. The Morgan fingerprint density at radius 2 is 2.00 bits per heavy atom. The molecule has 2 heteroatoms. The molecule has 0 atom stereocenters. The SMILES string of the molecule is Br.[Zn][CH2]C1CC1. The van der Waals surface area contributed by atoms with Gasteiger partial charge >= 0.3 is 42.1 Å². The molecular weight excluding hydrogens is 193 g/mol. The van der Waals surface area contributed by atoms with E-state index in [0.29, 0.717) is 0 Å². The van der Waals surface area contributed by atoms with Crippen molar-refractivity contribution in [3.05, 3.63) is 0 Å². The van der Waals surface area contributed by atoms with Crippen LogP contribution in [-0.2, 0) is 18.3 Å². The van der Waals surface area contributed by atoms with Crippen LogP contribution in [0, 0.1) is 5.92 Å². The molecule has 0 radical (unpaired) electrons. The average molecular weight is 201 g/mol. The Hall–Kier alpha value is 1.10. The van der Waals surface area contributed by atoms with Gasteiger partial charge in [-0.2, -0.15) is 0 Å². The van der Waals surface area contributed by atoms with Gasteiger partial charge in [-0.05, 0) is 0 Å². The van der Waals surface area contributed by atoms with Gasteiger partial charge in [-0.25, -0.2) is 0 Å². The molecule has 0 aromatic rings. The molecule has 0 heterocycles. The summed E-state index contributed by atoms with van der Waals surface area (Å²) in [4.78, 5) is 0. The molecule has 1 rings (SSSR count). The Morgan fingerprint density at radius 1 is 1.50 bits per heavy atom. The molecule has 0 nitrogen and oxygen atoms in total. The quantitative estimate of drug-likeness (QED) is 0.569. The first-order valence-electron chi connectivity index (χ1n) is 2.22.